The van der Waals surface area contributed by atoms with Crippen LogP contribution in [0.5, 0.6) is 11.5 Å². The zero-order valence-electron chi connectivity index (χ0n) is 40.2. The fraction of sp³-hybridized carbons (Fsp3) is 0.204. The van der Waals surface area contributed by atoms with Crippen LogP contribution in [0.4, 0.5) is 58.7 Å². The van der Waals surface area contributed by atoms with E-state index in [1.54, 1.807) is 59.4 Å². The Balaban J connectivity index is 0.000000242. The number of imidazole rings is 2. The highest BCUT2D eigenvalue weighted by Crippen LogP contribution is 2.35. The monoisotopic (exact) mass is 1040 g/mol. The molecule has 0 saturated heterocycles. The van der Waals surface area contributed by atoms with Crippen LogP contribution in [0.1, 0.15) is 35.1 Å². The van der Waals surface area contributed by atoms with Crippen LogP contribution in [0, 0.1) is 0 Å². The standard InChI is InChI=1S/C28H26F3N5O3.C25H24F3N5O2.CH4/c1-4-26(37)35-23-8-6-5-7-22(23)18-9-10-36-24(15-32-25(36)13-18)19-11-20(14-21(12-19)39-17(2)3)34-27(38)33-16-28(29,30)31;1-15(2)35-19-10-17(9-18(12-19)32-24(34)31-14-25(26,27)28)22-13-30-23-11-16(7-8-33(22)23)20-5-3-4-6-21(20)29;/h4-15,17H,1,16H2,2-3H3,(H,35,37)(H2,33,34,38);3-13,15H,14,29H2,1-2H3,(H2,31,32,34);1H4. The van der Waals surface area contributed by atoms with Crippen LogP contribution in [0.3, 0.4) is 0 Å². The number of rotatable bonds is 14. The molecular formula is C54H54F6N10O5. The molecule has 0 unspecified atom stereocenters. The molecule has 392 valence electrons. The second-order valence-electron chi connectivity index (χ2n) is 17.1. The molecule has 4 heterocycles. The summed E-state index contributed by atoms with van der Waals surface area (Å²) < 4.78 is 90.1. The largest absolute Gasteiger partial charge is 0.491 e. The summed E-state index contributed by atoms with van der Waals surface area (Å²) in [6, 6.07) is 30.4. The lowest BCUT2D eigenvalue weighted by molar-refractivity contribution is -0.123. The molecule has 8 aromatic rings. The Morgan fingerprint density at radius 3 is 1.49 bits per heavy atom. The average molecular weight is 1040 g/mol. The number of carbonyl (C=O) groups excluding carboxylic acids is 3. The number of alkyl halides is 6. The van der Waals surface area contributed by atoms with Gasteiger partial charge in [0.25, 0.3) is 0 Å². The zero-order chi connectivity index (χ0) is 53.3. The number of benzene rings is 4. The number of nitrogen functional groups attached to an aromatic ring is 1. The van der Waals surface area contributed by atoms with Gasteiger partial charge in [0.05, 0.1) is 36.0 Å². The third-order valence-electron chi connectivity index (χ3n) is 10.5. The fourth-order valence-electron chi connectivity index (χ4n) is 7.54. The lowest BCUT2D eigenvalue weighted by Gasteiger charge is -2.15. The average Bonchev–Trinajstić information content (AvgIpc) is 3.97. The van der Waals surface area contributed by atoms with Gasteiger partial charge in [-0.1, -0.05) is 50.4 Å². The normalized spacial score (nSPS) is 11.3. The van der Waals surface area contributed by atoms with Crippen LogP contribution in [-0.4, -0.2) is 74.4 Å². The Bertz CT molecular complexity index is 3330. The van der Waals surface area contributed by atoms with E-state index in [0.29, 0.717) is 56.7 Å². The predicted molar refractivity (Wildman–Crippen MR) is 280 cm³/mol. The first-order valence-electron chi connectivity index (χ1n) is 22.8. The topological polar surface area (TPSA) is 190 Å². The first-order valence-corrected chi connectivity index (χ1v) is 22.8. The Kier molecular flexibility index (Phi) is 17.5. The van der Waals surface area contributed by atoms with Gasteiger partial charge in [-0.15, -0.1) is 0 Å². The maximum absolute atomic E-state index is 12.5. The lowest BCUT2D eigenvalue weighted by atomic mass is 10.0. The molecule has 0 fully saturated rings. The van der Waals surface area contributed by atoms with Crippen molar-refractivity contribution in [3.05, 3.63) is 147 Å². The van der Waals surface area contributed by atoms with Crippen molar-refractivity contribution in [3.63, 3.8) is 0 Å². The molecule has 4 aromatic heterocycles. The van der Waals surface area contributed by atoms with Crippen LogP contribution < -0.4 is 41.8 Å². The number of pyridine rings is 2. The summed E-state index contributed by atoms with van der Waals surface area (Å²) >= 11 is 0. The molecule has 0 bridgehead atoms. The maximum atomic E-state index is 12.5. The van der Waals surface area contributed by atoms with Crippen molar-refractivity contribution < 1.29 is 50.2 Å². The van der Waals surface area contributed by atoms with E-state index in [4.69, 9.17) is 15.2 Å². The summed E-state index contributed by atoms with van der Waals surface area (Å²) in [4.78, 5) is 45.0. The van der Waals surface area contributed by atoms with Crippen LogP contribution in [0.15, 0.2) is 147 Å². The number of nitrogens with two attached hydrogens (primary N) is 1. The second-order valence-corrected chi connectivity index (χ2v) is 17.1. The number of fused-ring (bicyclic) bond motifs is 2. The van der Waals surface area contributed by atoms with E-state index in [1.807, 2.05) is 116 Å². The van der Waals surface area contributed by atoms with Gasteiger partial charge < -0.3 is 41.8 Å². The van der Waals surface area contributed by atoms with Gasteiger partial charge in [0.1, 0.15) is 35.9 Å². The molecule has 0 saturated carbocycles. The van der Waals surface area contributed by atoms with E-state index >= 15 is 0 Å². The minimum absolute atomic E-state index is 0. The molecular weight excluding hydrogens is 983 g/mol. The quantitative estimate of drug-likeness (QED) is 0.0352. The Labute approximate surface area is 427 Å². The van der Waals surface area contributed by atoms with Gasteiger partial charge in [-0.3, -0.25) is 13.6 Å². The second kappa shape index (κ2) is 23.7. The molecule has 75 heavy (non-hydrogen) atoms. The van der Waals surface area contributed by atoms with Crippen molar-refractivity contribution >= 4 is 52.0 Å². The van der Waals surface area contributed by atoms with Gasteiger partial charge in [-0.25, -0.2) is 19.6 Å². The van der Waals surface area contributed by atoms with E-state index in [9.17, 15) is 40.7 Å². The van der Waals surface area contributed by atoms with E-state index in [0.717, 1.165) is 22.3 Å². The Morgan fingerprint density at radius 2 is 1.05 bits per heavy atom. The molecule has 0 aliphatic carbocycles. The van der Waals surface area contributed by atoms with Gasteiger partial charge in [0.2, 0.25) is 5.91 Å². The van der Waals surface area contributed by atoms with Crippen molar-refractivity contribution in [2.75, 3.05) is 34.8 Å². The minimum Gasteiger partial charge on any atom is -0.491 e. The molecule has 0 spiro atoms. The molecule has 0 aliphatic heterocycles. The molecule has 5 amide bonds. The third kappa shape index (κ3) is 15.0. The van der Waals surface area contributed by atoms with Gasteiger partial charge in [-0.05, 0) is 106 Å². The number of aromatic nitrogens is 4. The van der Waals surface area contributed by atoms with Crippen molar-refractivity contribution in [2.45, 2.75) is 59.7 Å². The lowest BCUT2D eigenvalue weighted by Crippen LogP contribution is -2.36. The van der Waals surface area contributed by atoms with Gasteiger partial charge in [-0.2, -0.15) is 26.3 Å². The number of anilines is 4. The number of nitrogens with one attached hydrogen (secondary N) is 5. The fourth-order valence-corrected chi connectivity index (χ4v) is 7.54. The highest BCUT2D eigenvalue weighted by atomic mass is 19.4. The molecule has 7 N–H and O–H groups in total. The number of ether oxygens (including phenoxy) is 2. The molecule has 21 heteroatoms. The third-order valence-corrected chi connectivity index (χ3v) is 10.5. The smallest absolute Gasteiger partial charge is 0.405 e. The number of hydrogen-bond acceptors (Lipinski definition) is 8. The SMILES string of the molecule is C.C=CC(=O)Nc1ccccc1-c1ccn2c(-c3cc(NC(=O)NCC(F)(F)F)cc(OC(C)C)c3)cnc2c1.CC(C)Oc1cc(NC(=O)NCC(F)(F)F)cc(-c2cnc3cc(-c4ccccc4N)ccn23)c1. The number of nitrogens with zero attached hydrogens (tertiary/aromatic N) is 4. The summed E-state index contributed by atoms with van der Waals surface area (Å²) in [5, 5.41) is 11.3. The Morgan fingerprint density at radius 1 is 0.613 bits per heavy atom. The predicted octanol–water partition coefficient (Wildman–Crippen LogP) is 12.6. The summed E-state index contributed by atoms with van der Waals surface area (Å²) in [7, 11) is 0. The minimum atomic E-state index is -4.53. The number of carbonyl (C=O) groups is 3. The molecule has 0 atom stereocenters. The number of hydrogen-bond donors (Lipinski definition) is 6. The Hall–Kier alpha value is -9.01. The van der Waals surface area contributed by atoms with Crippen molar-refractivity contribution in [2.24, 2.45) is 0 Å². The molecule has 15 nitrogen and oxygen atoms in total. The van der Waals surface area contributed by atoms with Crippen LogP contribution >= 0.6 is 0 Å². The van der Waals surface area contributed by atoms with Gasteiger partial charge in [0, 0.05) is 69.5 Å². The number of amides is 5. The van der Waals surface area contributed by atoms with Crippen LogP contribution in [0.25, 0.3) is 56.1 Å². The first-order chi connectivity index (χ1) is 35.1. The number of urea groups is 2. The highest BCUT2D eigenvalue weighted by molar-refractivity contribution is 6.02. The van der Waals surface area contributed by atoms with Gasteiger partial charge >= 0.3 is 24.4 Å². The van der Waals surface area contributed by atoms with E-state index < -0.39 is 37.5 Å². The van der Waals surface area contributed by atoms with Crippen LogP contribution in [-0.2, 0) is 4.79 Å². The maximum Gasteiger partial charge on any atom is 0.405 e. The van der Waals surface area contributed by atoms with Crippen molar-refractivity contribution in [1.29, 1.82) is 0 Å². The summed E-state index contributed by atoms with van der Waals surface area (Å²) in [6.45, 7) is 7.96. The molecule has 8 rings (SSSR count). The molecule has 4 aromatic carbocycles. The van der Waals surface area contributed by atoms with Crippen molar-refractivity contribution in [3.8, 4) is 56.3 Å². The van der Waals surface area contributed by atoms with Crippen LogP contribution in [0.2, 0.25) is 0 Å². The van der Waals surface area contributed by atoms with E-state index in [-0.39, 0.29) is 36.9 Å². The molecule has 0 aliphatic rings. The first kappa shape index (κ1) is 55.3. The number of halogens is 6. The molecule has 0 radical (unpaired) electrons. The summed E-state index contributed by atoms with van der Waals surface area (Å²) in [6.07, 6.45) is -1.18. The zero-order valence-corrected chi connectivity index (χ0v) is 40.2. The summed E-state index contributed by atoms with van der Waals surface area (Å²) in [5.74, 6) is 0.547. The van der Waals surface area contributed by atoms with E-state index in [2.05, 4.69) is 32.5 Å². The van der Waals surface area contributed by atoms with E-state index in [1.165, 1.54) is 12.1 Å². The number of para-hydroxylation sites is 2. The van der Waals surface area contributed by atoms with Crippen molar-refractivity contribution in [1.82, 2.24) is 29.4 Å². The van der Waals surface area contributed by atoms with Gasteiger partial charge in [0.15, 0.2) is 0 Å². The summed E-state index contributed by atoms with van der Waals surface area (Å²) in [5.41, 5.74) is 15.3. The highest BCUT2D eigenvalue weighted by Gasteiger charge is 2.29.